The van der Waals surface area contributed by atoms with Crippen molar-refractivity contribution in [2.45, 2.75) is 50.6 Å². The Kier molecular flexibility index (Phi) is 5.99. The smallest absolute Gasteiger partial charge is 0.366 e. The molecule has 0 bridgehead atoms. The third-order valence-electron chi connectivity index (χ3n) is 8.09. The summed E-state index contributed by atoms with van der Waals surface area (Å²) < 4.78 is 48.0. The molecule has 1 aromatic rings. The quantitative estimate of drug-likeness (QED) is 0.673. The number of aromatic nitrogens is 1. The van der Waals surface area contributed by atoms with Crippen LogP contribution < -0.4 is 15.1 Å². The Morgan fingerprint density at radius 1 is 1.21 bits per heavy atom. The van der Waals surface area contributed by atoms with Crippen LogP contribution in [0.25, 0.3) is 0 Å². The molecular formula is C24H31F3N6O. The summed E-state index contributed by atoms with van der Waals surface area (Å²) in [6, 6.07) is 3.79. The van der Waals surface area contributed by atoms with Gasteiger partial charge in [-0.3, -0.25) is 4.90 Å². The molecule has 1 spiro atoms. The predicted molar refractivity (Wildman–Crippen MR) is 123 cm³/mol. The fourth-order valence-corrected chi connectivity index (χ4v) is 5.83. The SMILES string of the molecule is CC1=CCOC12CCN(c1cc(N3C[C@@H](N4CCNCC4)[C@H]3C)c(C#N)c(C(F)(F)F)n1)CC2. The molecule has 0 radical (unpaired) electrons. The summed E-state index contributed by atoms with van der Waals surface area (Å²) in [5, 5.41) is 13.1. The van der Waals surface area contributed by atoms with E-state index in [0.29, 0.717) is 44.8 Å². The van der Waals surface area contributed by atoms with Crippen LogP contribution in [0.2, 0.25) is 0 Å². The normalized spacial score (nSPS) is 27.5. The Hall–Kier alpha value is -2.35. The molecule has 0 amide bonds. The second kappa shape index (κ2) is 8.70. The number of hydrogen-bond donors (Lipinski definition) is 1. The van der Waals surface area contributed by atoms with Gasteiger partial charge in [-0.25, -0.2) is 4.98 Å². The lowest BCUT2D eigenvalue weighted by molar-refractivity contribution is -0.141. The average molecular weight is 477 g/mol. The minimum absolute atomic E-state index is 0.0193. The van der Waals surface area contributed by atoms with Crippen molar-refractivity contribution in [2.24, 2.45) is 0 Å². The Balaban J connectivity index is 1.43. The molecule has 2 atom stereocenters. The summed E-state index contributed by atoms with van der Waals surface area (Å²) in [7, 11) is 0. The molecule has 34 heavy (non-hydrogen) atoms. The Morgan fingerprint density at radius 3 is 2.47 bits per heavy atom. The van der Waals surface area contributed by atoms with Crippen molar-refractivity contribution >= 4 is 11.5 Å². The maximum atomic E-state index is 14.0. The third kappa shape index (κ3) is 3.93. The highest BCUT2D eigenvalue weighted by atomic mass is 19.4. The van der Waals surface area contributed by atoms with Crippen LogP contribution in [0.1, 0.15) is 37.9 Å². The molecule has 0 aromatic carbocycles. The van der Waals surface area contributed by atoms with E-state index in [1.54, 1.807) is 6.07 Å². The van der Waals surface area contributed by atoms with E-state index in [0.717, 1.165) is 26.2 Å². The Bertz CT molecular complexity index is 1010. The third-order valence-corrected chi connectivity index (χ3v) is 8.09. The van der Waals surface area contributed by atoms with Crippen LogP contribution >= 0.6 is 0 Å². The standard InChI is InChI=1S/C24H31F3N6O/c1-16-3-12-34-23(16)4-8-32(9-5-23)21-13-19(18(14-28)22(30-21)24(25,26)27)33-15-20(17(33)2)31-10-6-29-7-11-31/h3,13,17,20,29H,4-12,15H2,1-2H3/t17-,20-/m1/s1. The maximum absolute atomic E-state index is 14.0. The van der Waals surface area contributed by atoms with E-state index in [1.807, 2.05) is 22.8 Å². The van der Waals surface area contributed by atoms with Gasteiger partial charge in [-0.15, -0.1) is 0 Å². The fraction of sp³-hybridized carbons (Fsp3) is 0.667. The number of nitrogens with zero attached hydrogens (tertiary/aromatic N) is 5. The highest BCUT2D eigenvalue weighted by Crippen LogP contribution is 2.42. The van der Waals surface area contributed by atoms with Crippen molar-refractivity contribution in [1.82, 2.24) is 15.2 Å². The number of anilines is 2. The molecule has 7 nitrogen and oxygen atoms in total. The van der Waals surface area contributed by atoms with Crippen molar-refractivity contribution in [3.63, 3.8) is 0 Å². The zero-order valence-corrected chi connectivity index (χ0v) is 19.7. The Morgan fingerprint density at radius 2 is 1.91 bits per heavy atom. The molecule has 3 saturated heterocycles. The molecule has 10 heteroatoms. The zero-order valence-electron chi connectivity index (χ0n) is 19.7. The summed E-state index contributed by atoms with van der Waals surface area (Å²) in [6.45, 7) is 10.1. The summed E-state index contributed by atoms with van der Waals surface area (Å²) in [5.41, 5.74) is -0.236. The molecule has 0 aliphatic carbocycles. The van der Waals surface area contributed by atoms with Crippen LogP contribution in [0, 0.1) is 11.3 Å². The lowest BCUT2D eigenvalue weighted by Gasteiger charge is -2.53. The number of rotatable bonds is 3. The Labute approximate surface area is 198 Å². The fourth-order valence-electron chi connectivity index (χ4n) is 5.83. The minimum Gasteiger partial charge on any atom is -0.366 e. The van der Waals surface area contributed by atoms with E-state index in [9.17, 15) is 18.4 Å². The number of nitriles is 1. The lowest BCUT2D eigenvalue weighted by atomic mass is 9.85. The van der Waals surface area contributed by atoms with Crippen LogP contribution in [0.5, 0.6) is 0 Å². The highest BCUT2D eigenvalue weighted by molar-refractivity contribution is 5.69. The number of nitrogens with one attached hydrogen (secondary N) is 1. The van der Waals surface area contributed by atoms with Gasteiger partial charge < -0.3 is 19.9 Å². The number of hydrogen-bond acceptors (Lipinski definition) is 7. The van der Waals surface area contributed by atoms with Crippen molar-refractivity contribution in [3.05, 3.63) is 29.0 Å². The van der Waals surface area contributed by atoms with Gasteiger partial charge in [0.05, 0.1) is 17.9 Å². The number of pyridine rings is 1. The van der Waals surface area contributed by atoms with Crippen LogP contribution in [-0.4, -0.2) is 80.0 Å². The van der Waals surface area contributed by atoms with Gasteiger partial charge in [0.1, 0.15) is 17.5 Å². The van der Waals surface area contributed by atoms with Gasteiger partial charge in [0, 0.05) is 64.0 Å². The molecule has 4 aliphatic rings. The molecule has 0 saturated carbocycles. The van der Waals surface area contributed by atoms with E-state index in [2.05, 4.69) is 28.2 Å². The number of alkyl halides is 3. The maximum Gasteiger partial charge on any atom is 0.434 e. The number of halogens is 3. The first-order valence-electron chi connectivity index (χ1n) is 12.0. The van der Waals surface area contributed by atoms with E-state index in [-0.39, 0.29) is 29.1 Å². The molecule has 0 unspecified atom stereocenters. The van der Waals surface area contributed by atoms with Crippen LogP contribution in [0.3, 0.4) is 0 Å². The predicted octanol–water partition coefficient (Wildman–Crippen LogP) is 2.77. The minimum atomic E-state index is -4.70. The first-order chi connectivity index (χ1) is 16.2. The first-order valence-corrected chi connectivity index (χ1v) is 12.0. The largest absolute Gasteiger partial charge is 0.434 e. The van der Waals surface area contributed by atoms with Gasteiger partial charge in [0.25, 0.3) is 0 Å². The summed E-state index contributed by atoms with van der Waals surface area (Å²) in [5.74, 6) is 0.286. The second-order valence-electron chi connectivity index (χ2n) is 9.76. The molecule has 1 aromatic heterocycles. The number of piperidine rings is 1. The molecule has 1 N–H and O–H groups in total. The van der Waals surface area contributed by atoms with Gasteiger partial charge in [0.2, 0.25) is 0 Å². The van der Waals surface area contributed by atoms with Crippen molar-refractivity contribution in [2.75, 3.05) is 62.2 Å². The highest BCUT2D eigenvalue weighted by Gasteiger charge is 2.45. The van der Waals surface area contributed by atoms with E-state index in [1.165, 1.54) is 5.57 Å². The summed E-state index contributed by atoms with van der Waals surface area (Å²) in [4.78, 5) is 10.2. The topological polar surface area (TPSA) is 67.7 Å². The van der Waals surface area contributed by atoms with E-state index in [4.69, 9.17) is 4.74 Å². The molecule has 3 fully saturated rings. The number of piperazine rings is 1. The van der Waals surface area contributed by atoms with Gasteiger partial charge in [0.15, 0.2) is 5.69 Å². The summed E-state index contributed by atoms with van der Waals surface area (Å²) in [6.07, 6.45) is -1.21. The van der Waals surface area contributed by atoms with Crippen molar-refractivity contribution in [3.8, 4) is 6.07 Å². The van der Waals surface area contributed by atoms with Crippen LogP contribution in [0.4, 0.5) is 24.7 Å². The van der Waals surface area contributed by atoms with Crippen LogP contribution in [-0.2, 0) is 10.9 Å². The monoisotopic (exact) mass is 476 g/mol. The lowest BCUT2D eigenvalue weighted by Crippen LogP contribution is -2.68. The van der Waals surface area contributed by atoms with E-state index < -0.39 is 11.9 Å². The summed E-state index contributed by atoms with van der Waals surface area (Å²) >= 11 is 0. The number of ether oxygens (including phenoxy) is 1. The van der Waals surface area contributed by atoms with Gasteiger partial charge >= 0.3 is 6.18 Å². The van der Waals surface area contributed by atoms with Gasteiger partial charge in [-0.1, -0.05) is 6.08 Å². The molecular weight excluding hydrogens is 445 g/mol. The first kappa shape index (κ1) is 23.4. The average Bonchev–Trinajstić information content (AvgIpc) is 3.17. The van der Waals surface area contributed by atoms with Gasteiger partial charge in [-0.05, 0) is 32.3 Å². The molecule has 5 rings (SSSR count). The van der Waals surface area contributed by atoms with Gasteiger partial charge in [-0.2, -0.15) is 18.4 Å². The second-order valence-corrected chi connectivity index (χ2v) is 9.76. The van der Waals surface area contributed by atoms with Crippen LogP contribution in [0.15, 0.2) is 17.7 Å². The van der Waals surface area contributed by atoms with Crippen molar-refractivity contribution < 1.29 is 17.9 Å². The molecule has 5 heterocycles. The van der Waals surface area contributed by atoms with E-state index >= 15 is 0 Å². The molecule has 184 valence electrons. The zero-order chi connectivity index (χ0) is 24.1. The molecule has 4 aliphatic heterocycles. The van der Waals surface area contributed by atoms with Crippen molar-refractivity contribution in [1.29, 1.82) is 5.26 Å².